The maximum atomic E-state index is 13.7. The molecule has 0 unspecified atom stereocenters. The molecule has 0 saturated carbocycles. The minimum atomic E-state index is -1.31. The molecule has 1 aliphatic heterocycles. The third-order valence-electron chi connectivity index (χ3n) is 4.32. The molecule has 4 rings (SSSR count). The number of hydrogen-bond donors (Lipinski definition) is 2. The van der Waals surface area contributed by atoms with Crippen LogP contribution in [0.4, 0.5) is 15.8 Å². The van der Waals surface area contributed by atoms with E-state index in [2.05, 4.69) is 9.62 Å². The van der Waals surface area contributed by atoms with Crippen LogP contribution in [0.1, 0.15) is 10.4 Å². The van der Waals surface area contributed by atoms with Gasteiger partial charge >= 0.3 is 5.97 Å². The largest absolute Gasteiger partial charge is 0.478 e. The zero-order chi connectivity index (χ0) is 19.0. The van der Waals surface area contributed by atoms with Crippen molar-refractivity contribution in [3.8, 4) is 11.1 Å². The van der Waals surface area contributed by atoms with Gasteiger partial charge in [0, 0.05) is 16.1 Å². The Hall–Kier alpha value is -2.54. The van der Waals surface area contributed by atoms with E-state index < -0.39 is 11.8 Å². The lowest BCUT2D eigenvalue weighted by molar-refractivity contribution is 0.0692. The number of carboxylic acid groups (broad SMARTS) is 1. The Balaban J connectivity index is 1.80. The van der Waals surface area contributed by atoms with Crippen LogP contribution in [0.2, 0.25) is 5.02 Å². The average molecular weight is 401 g/mol. The van der Waals surface area contributed by atoms with Gasteiger partial charge in [-0.15, -0.1) is 0 Å². The number of fused-ring (bicyclic) bond motifs is 1. The highest BCUT2D eigenvalue weighted by molar-refractivity contribution is 7.97. The van der Waals surface area contributed by atoms with Crippen molar-refractivity contribution in [2.75, 3.05) is 11.6 Å². The van der Waals surface area contributed by atoms with E-state index >= 15 is 0 Å². The highest BCUT2D eigenvalue weighted by atomic mass is 35.5. The summed E-state index contributed by atoms with van der Waals surface area (Å²) in [5.74, 6) is -2.08. The predicted molar refractivity (Wildman–Crippen MR) is 106 cm³/mol. The zero-order valence-corrected chi connectivity index (χ0v) is 15.5. The van der Waals surface area contributed by atoms with Crippen molar-refractivity contribution < 1.29 is 14.3 Å². The van der Waals surface area contributed by atoms with Crippen LogP contribution in [0.15, 0.2) is 65.6 Å². The Bertz CT molecular complexity index is 1030. The second-order valence-corrected chi connectivity index (χ2v) is 7.31. The Labute approximate surface area is 164 Å². The van der Waals surface area contributed by atoms with Crippen LogP contribution in [-0.4, -0.2) is 17.7 Å². The van der Waals surface area contributed by atoms with E-state index in [4.69, 9.17) is 16.7 Å². The van der Waals surface area contributed by atoms with Gasteiger partial charge in [0.05, 0.1) is 22.9 Å². The van der Waals surface area contributed by atoms with Crippen LogP contribution in [0.5, 0.6) is 0 Å². The van der Waals surface area contributed by atoms with Gasteiger partial charge in [-0.05, 0) is 53.9 Å². The van der Waals surface area contributed by atoms with E-state index in [1.807, 2.05) is 42.5 Å². The first-order valence-corrected chi connectivity index (χ1v) is 9.33. The summed E-state index contributed by atoms with van der Waals surface area (Å²) in [4.78, 5) is 14.3. The first-order chi connectivity index (χ1) is 13.0. The van der Waals surface area contributed by atoms with Crippen molar-refractivity contribution in [2.24, 2.45) is 0 Å². The molecule has 0 radical (unpaired) electrons. The van der Waals surface area contributed by atoms with E-state index in [0.29, 0.717) is 22.8 Å². The zero-order valence-electron chi connectivity index (χ0n) is 13.9. The third-order valence-corrected chi connectivity index (χ3v) is 5.45. The van der Waals surface area contributed by atoms with E-state index in [-0.39, 0.29) is 5.56 Å². The molecular weight excluding hydrogens is 387 g/mol. The van der Waals surface area contributed by atoms with Crippen LogP contribution in [0, 0.1) is 5.82 Å². The van der Waals surface area contributed by atoms with Crippen molar-refractivity contribution in [2.45, 2.75) is 4.90 Å². The summed E-state index contributed by atoms with van der Waals surface area (Å²) in [7, 11) is 0. The molecule has 0 fully saturated rings. The predicted octanol–water partition coefficient (Wildman–Crippen LogP) is 5.55. The second kappa shape index (κ2) is 7.23. The summed E-state index contributed by atoms with van der Waals surface area (Å²) in [6.07, 6.45) is 0. The number of nitrogens with one attached hydrogen (secondary N) is 1. The van der Waals surface area contributed by atoms with E-state index in [1.54, 1.807) is 0 Å². The van der Waals surface area contributed by atoms with Crippen molar-refractivity contribution >= 4 is 40.9 Å². The van der Waals surface area contributed by atoms with Gasteiger partial charge in [-0.3, -0.25) is 0 Å². The number of rotatable bonds is 3. The van der Waals surface area contributed by atoms with Crippen molar-refractivity contribution in [1.82, 2.24) is 4.72 Å². The lowest BCUT2D eigenvalue weighted by Crippen LogP contribution is -2.30. The average Bonchev–Trinajstić information content (AvgIpc) is 2.68. The Morgan fingerprint density at radius 1 is 1.15 bits per heavy atom. The molecule has 3 aromatic carbocycles. The number of carboxylic acids is 1. The first-order valence-electron chi connectivity index (χ1n) is 8.13. The summed E-state index contributed by atoms with van der Waals surface area (Å²) in [5, 5.41) is 9.64. The highest BCUT2D eigenvalue weighted by Crippen LogP contribution is 2.42. The fourth-order valence-corrected chi connectivity index (χ4v) is 4.08. The van der Waals surface area contributed by atoms with Crippen LogP contribution in [0.3, 0.4) is 0 Å². The molecule has 0 aliphatic carbocycles. The number of benzene rings is 3. The summed E-state index contributed by atoms with van der Waals surface area (Å²) in [5.41, 5.74) is 2.82. The van der Waals surface area contributed by atoms with Crippen LogP contribution in [0.25, 0.3) is 11.1 Å². The van der Waals surface area contributed by atoms with Crippen LogP contribution in [-0.2, 0) is 0 Å². The molecule has 1 aliphatic rings. The molecule has 2 N–H and O–H groups in total. The number of anilines is 2. The Morgan fingerprint density at radius 3 is 2.67 bits per heavy atom. The molecule has 0 atom stereocenters. The molecule has 136 valence electrons. The number of nitrogens with zero attached hydrogens (tertiary/aromatic N) is 1. The number of halogens is 2. The topological polar surface area (TPSA) is 52.6 Å². The molecule has 0 bridgehead atoms. The SMILES string of the molecule is O=C(O)c1cc(-c2cc3c(cc2Cl)N(c2ccccc2)CNS3)ccc1F. The van der Waals surface area contributed by atoms with Gasteiger partial charge in [0.1, 0.15) is 5.82 Å². The molecule has 1 heterocycles. The molecule has 0 saturated heterocycles. The molecular formula is C20H14ClFN2O2S. The van der Waals surface area contributed by atoms with E-state index in [1.165, 1.54) is 24.1 Å². The van der Waals surface area contributed by atoms with Crippen molar-refractivity contribution in [3.63, 3.8) is 0 Å². The van der Waals surface area contributed by atoms with Crippen LogP contribution >= 0.6 is 23.5 Å². The maximum Gasteiger partial charge on any atom is 0.338 e. The van der Waals surface area contributed by atoms with Gasteiger partial charge in [-0.25, -0.2) is 13.9 Å². The lowest BCUT2D eigenvalue weighted by atomic mass is 10.0. The fraction of sp³-hybridized carbons (Fsp3) is 0.0500. The fourth-order valence-electron chi connectivity index (χ4n) is 3.01. The van der Waals surface area contributed by atoms with E-state index in [9.17, 15) is 9.18 Å². The van der Waals surface area contributed by atoms with Crippen molar-refractivity contribution in [1.29, 1.82) is 0 Å². The molecule has 0 aromatic heterocycles. The summed E-state index contributed by atoms with van der Waals surface area (Å²) in [6.45, 7) is 0.622. The summed E-state index contributed by atoms with van der Waals surface area (Å²) in [6, 6.07) is 17.7. The summed E-state index contributed by atoms with van der Waals surface area (Å²) < 4.78 is 17.0. The maximum absolute atomic E-state index is 13.7. The monoisotopic (exact) mass is 400 g/mol. The smallest absolute Gasteiger partial charge is 0.338 e. The minimum absolute atomic E-state index is 0.377. The molecule has 0 spiro atoms. The Morgan fingerprint density at radius 2 is 1.93 bits per heavy atom. The third kappa shape index (κ3) is 3.39. The highest BCUT2D eigenvalue weighted by Gasteiger charge is 2.22. The van der Waals surface area contributed by atoms with Gasteiger partial charge in [0.25, 0.3) is 0 Å². The van der Waals surface area contributed by atoms with Gasteiger partial charge in [0.2, 0.25) is 0 Å². The molecule has 27 heavy (non-hydrogen) atoms. The van der Waals surface area contributed by atoms with Gasteiger partial charge in [0.15, 0.2) is 0 Å². The van der Waals surface area contributed by atoms with Crippen molar-refractivity contribution in [3.05, 3.63) is 77.1 Å². The number of hydrogen-bond acceptors (Lipinski definition) is 4. The second-order valence-electron chi connectivity index (χ2n) is 5.97. The molecule has 0 amide bonds. The first kappa shape index (κ1) is 17.9. The van der Waals surface area contributed by atoms with Gasteiger partial charge in [-0.1, -0.05) is 35.9 Å². The molecule has 7 heteroatoms. The van der Waals surface area contributed by atoms with Gasteiger partial charge < -0.3 is 10.0 Å². The summed E-state index contributed by atoms with van der Waals surface area (Å²) >= 11 is 8.00. The molecule has 3 aromatic rings. The van der Waals surface area contributed by atoms with Crippen LogP contribution < -0.4 is 9.62 Å². The van der Waals surface area contributed by atoms with Gasteiger partial charge in [-0.2, -0.15) is 0 Å². The lowest BCUT2D eigenvalue weighted by Gasteiger charge is -2.32. The molecule has 4 nitrogen and oxygen atoms in total. The number of para-hydroxylation sites is 1. The number of carbonyl (C=O) groups is 1. The minimum Gasteiger partial charge on any atom is -0.478 e. The number of aromatic carboxylic acids is 1. The van der Waals surface area contributed by atoms with E-state index in [0.717, 1.165) is 22.3 Å². The Kier molecular flexibility index (Phi) is 4.78. The normalized spacial score (nSPS) is 13.3. The quantitative estimate of drug-likeness (QED) is 0.564. The standard InChI is InChI=1S/C20H14ClFN2O2S/c21-16-10-18-19(27-23-11-24(18)13-4-2-1-3-5-13)9-14(16)12-6-7-17(22)15(8-12)20(25)26/h1-10,23H,11H2,(H,25,26).